The minimum Gasteiger partial charge on any atom is -0.484 e. The van der Waals surface area contributed by atoms with Gasteiger partial charge in [0.15, 0.2) is 0 Å². The standard InChI is InChI=1S/C15H18N2O2/c1-11-14(3-2-7-16-11)19-10-15-12(6-8-18-15)9-17-13-4-5-13/h2-3,6-8,13,17H,4-5,9-10H2,1H3. The topological polar surface area (TPSA) is 47.3 Å². The summed E-state index contributed by atoms with van der Waals surface area (Å²) in [6.45, 7) is 3.24. The first-order valence-corrected chi connectivity index (χ1v) is 6.66. The lowest BCUT2D eigenvalue weighted by atomic mass is 10.2. The van der Waals surface area contributed by atoms with Crippen LogP contribution in [-0.2, 0) is 13.2 Å². The van der Waals surface area contributed by atoms with Crippen molar-refractivity contribution < 1.29 is 9.15 Å². The Labute approximate surface area is 112 Å². The molecule has 0 aromatic carbocycles. The third-order valence-electron chi connectivity index (χ3n) is 3.31. The molecule has 2 heterocycles. The number of furan rings is 1. The molecule has 0 amide bonds. The highest BCUT2D eigenvalue weighted by molar-refractivity contribution is 5.26. The van der Waals surface area contributed by atoms with Crippen molar-refractivity contribution in [2.45, 2.75) is 39.0 Å². The number of rotatable bonds is 6. The molecule has 4 nitrogen and oxygen atoms in total. The number of nitrogens with zero attached hydrogens (tertiary/aromatic N) is 1. The van der Waals surface area contributed by atoms with Crippen molar-refractivity contribution >= 4 is 0 Å². The third kappa shape index (κ3) is 3.15. The molecule has 0 spiro atoms. The Bertz CT molecular complexity index is 547. The summed E-state index contributed by atoms with van der Waals surface area (Å²) >= 11 is 0. The van der Waals surface area contributed by atoms with E-state index in [2.05, 4.69) is 10.3 Å². The summed E-state index contributed by atoms with van der Waals surface area (Å²) in [7, 11) is 0. The van der Waals surface area contributed by atoms with Gasteiger partial charge >= 0.3 is 0 Å². The summed E-state index contributed by atoms with van der Waals surface area (Å²) in [4.78, 5) is 4.20. The summed E-state index contributed by atoms with van der Waals surface area (Å²) in [6, 6.07) is 6.50. The fraction of sp³-hybridized carbons (Fsp3) is 0.400. The van der Waals surface area contributed by atoms with Crippen LogP contribution in [0, 0.1) is 6.92 Å². The largest absolute Gasteiger partial charge is 0.484 e. The molecule has 1 saturated carbocycles. The molecule has 1 N–H and O–H groups in total. The van der Waals surface area contributed by atoms with Gasteiger partial charge in [0.2, 0.25) is 0 Å². The van der Waals surface area contributed by atoms with Crippen molar-refractivity contribution in [3.63, 3.8) is 0 Å². The molecule has 1 fully saturated rings. The van der Waals surface area contributed by atoms with Crippen LogP contribution in [0.25, 0.3) is 0 Å². The second-order valence-electron chi connectivity index (χ2n) is 4.90. The van der Waals surface area contributed by atoms with Gasteiger partial charge in [-0.15, -0.1) is 0 Å². The van der Waals surface area contributed by atoms with Gasteiger partial charge in [-0.1, -0.05) is 0 Å². The van der Waals surface area contributed by atoms with Crippen molar-refractivity contribution in [2.24, 2.45) is 0 Å². The van der Waals surface area contributed by atoms with E-state index < -0.39 is 0 Å². The lowest BCUT2D eigenvalue weighted by Crippen LogP contribution is -2.16. The van der Waals surface area contributed by atoms with Crippen LogP contribution in [0.15, 0.2) is 35.1 Å². The second-order valence-corrected chi connectivity index (χ2v) is 4.90. The van der Waals surface area contributed by atoms with Crippen LogP contribution in [0.5, 0.6) is 5.75 Å². The normalized spacial score (nSPS) is 14.6. The molecular weight excluding hydrogens is 240 g/mol. The van der Waals surface area contributed by atoms with E-state index >= 15 is 0 Å². The van der Waals surface area contributed by atoms with Gasteiger partial charge in [-0.2, -0.15) is 0 Å². The predicted octanol–water partition coefficient (Wildman–Crippen LogP) is 2.81. The first kappa shape index (κ1) is 12.2. The molecule has 2 aromatic rings. The average molecular weight is 258 g/mol. The number of hydrogen-bond donors (Lipinski definition) is 1. The average Bonchev–Trinajstić information content (AvgIpc) is 3.14. The third-order valence-corrected chi connectivity index (χ3v) is 3.31. The molecule has 3 rings (SSSR count). The Balaban J connectivity index is 1.60. The van der Waals surface area contributed by atoms with Gasteiger partial charge in [-0.05, 0) is 38.0 Å². The molecule has 0 radical (unpaired) electrons. The summed E-state index contributed by atoms with van der Waals surface area (Å²) in [5, 5.41) is 3.48. The molecule has 2 aromatic heterocycles. The fourth-order valence-electron chi connectivity index (χ4n) is 1.96. The number of aromatic nitrogens is 1. The molecule has 100 valence electrons. The van der Waals surface area contributed by atoms with Crippen molar-refractivity contribution in [1.29, 1.82) is 0 Å². The van der Waals surface area contributed by atoms with E-state index in [0.29, 0.717) is 12.6 Å². The van der Waals surface area contributed by atoms with E-state index in [4.69, 9.17) is 9.15 Å². The van der Waals surface area contributed by atoms with Crippen molar-refractivity contribution in [2.75, 3.05) is 0 Å². The molecule has 1 aliphatic carbocycles. The van der Waals surface area contributed by atoms with Crippen molar-refractivity contribution in [1.82, 2.24) is 10.3 Å². The van der Waals surface area contributed by atoms with Crippen LogP contribution in [0.3, 0.4) is 0 Å². The number of hydrogen-bond acceptors (Lipinski definition) is 4. The lowest BCUT2D eigenvalue weighted by Gasteiger charge is -2.08. The number of pyridine rings is 1. The summed E-state index contributed by atoms with van der Waals surface area (Å²) in [5.41, 5.74) is 2.07. The fourth-order valence-corrected chi connectivity index (χ4v) is 1.96. The quantitative estimate of drug-likeness (QED) is 0.865. The zero-order valence-electron chi connectivity index (χ0n) is 11.1. The highest BCUT2D eigenvalue weighted by Gasteiger charge is 2.21. The van der Waals surface area contributed by atoms with Gasteiger partial charge < -0.3 is 14.5 Å². The highest BCUT2D eigenvalue weighted by Crippen LogP contribution is 2.21. The molecule has 4 heteroatoms. The van der Waals surface area contributed by atoms with Gasteiger partial charge in [0, 0.05) is 24.3 Å². The monoisotopic (exact) mass is 258 g/mol. The van der Waals surface area contributed by atoms with E-state index in [1.807, 2.05) is 25.1 Å². The van der Waals surface area contributed by atoms with Gasteiger partial charge in [0.05, 0.1) is 12.0 Å². The van der Waals surface area contributed by atoms with E-state index in [0.717, 1.165) is 23.7 Å². The molecule has 0 bridgehead atoms. The summed E-state index contributed by atoms with van der Waals surface area (Å²) in [6.07, 6.45) is 6.07. The Morgan fingerprint density at radius 1 is 1.42 bits per heavy atom. The smallest absolute Gasteiger partial charge is 0.146 e. The van der Waals surface area contributed by atoms with E-state index in [1.54, 1.807) is 12.5 Å². The predicted molar refractivity (Wildman–Crippen MR) is 71.9 cm³/mol. The molecule has 1 aliphatic rings. The maximum absolute atomic E-state index is 5.76. The molecule has 19 heavy (non-hydrogen) atoms. The molecule has 0 unspecified atom stereocenters. The van der Waals surface area contributed by atoms with Crippen LogP contribution in [0.1, 0.15) is 29.9 Å². The Hall–Kier alpha value is -1.81. The zero-order chi connectivity index (χ0) is 13.1. The van der Waals surface area contributed by atoms with E-state index in [1.165, 1.54) is 18.4 Å². The van der Waals surface area contributed by atoms with Crippen molar-refractivity contribution in [3.8, 4) is 5.75 Å². The summed E-state index contributed by atoms with van der Waals surface area (Å²) < 4.78 is 11.3. The maximum Gasteiger partial charge on any atom is 0.146 e. The van der Waals surface area contributed by atoms with Gasteiger partial charge in [0.1, 0.15) is 18.1 Å². The first-order valence-electron chi connectivity index (χ1n) is 6.66. The van der Waals surface area contributed by atoms with E-state index in [9.17, 15) is 0 Å². The zero-order valence-corrected chi connectivity index (χ0v) is 11.1. The van der Waals surface area contributed by atoms with Crippen LogP contribution in [0.4, 0.5) is 0 Å². The van der Waals surface area contributed by atoms with Crippen LogP contribution >= 0.6 is 0 Å². The van der Waals surface area contributed by atoms with Crippen LogP contribution in [0.2, 0.25) is 0 Å². The lowest BCUT2D eigenvalue weighted by molar-refractivity contribution is 0.265. The van der Waals surface area contributed by atoms with E-state index in [-0.39, 0.29) is 0 Å². The van der Waals surface area contributed by atoms with Crippen molar-refractivity contribution in [3.05, 3.63) is 47.7 Å². The Morgan fingerprint density at radius 3 is 3.11 bits per heavy atom. The Kier molecular flexibility index (Phi) is 3.51. The summed E-state index contributed by atoms with van der Waals surface area (Å²) in [5.74, 6) is 1.69. The SMILES string of the molecule is Cc1ncccc1OCc1occc1CNC1CC1. The van der Waals surface area contributed by atoms with Gasteiger partial charge in [-0.25, -0.2) is 0 Å². The van der Waals surface area contributed by atoms with Gasteiger partial charge in [0.25, 0.3) is 0 Å². The number of nitrogens with one attached hydrogen (secondary N) is 1. The van der Waals surface area contributed by atoms with Gasteiger partial charge in [-0.3, -0.25) is 4.98 Å². The molecule has 0 atom stereocenters. The Morgan fingerprint density at radius 2 is 2.32 bits per heavy atom. The minimum atomic E-state index is 0.446. The first-order chi connectivity index (χ1) is 9.33. The molecular formula is C15H18N2O2. The van der Waals surface area contributed by atoms with Crippen LogP contribution < -0.4 is 10.1 Å². The highest BCUT2D eigenvalue weighted by atomic mass is 16.5. The molecule has 0 saturated heterocycles. The second kappa shape index (κ2) is 5.45. The molecule has 0 aliphatic heterocycles. The number of ether oxygens (including phenoxy) is 1. The number of aryl methyl sites for hydroxylation is 1. The maximum atomic E-state index is 5.76. The van der Waals surface area contributed by atoms with Crippen LogP contribution in [-0.4, -0.2) is 11.0 Å². The minimum absolute atomic E-state index is 0.446.